The van der Waals surface area contributed by atoms with Gasteiger partial charge in [-0.05, 0) is 35.8 Å². The molecule has 5 heteroatoms. The highest BCUT2D eigenvalue weighted by atomic mass is 79.9. The second-order valence-electron chi connectivity index (χ2n) is 3.74. The highest BCUT2D eigenvalue weighted by Gasteiger charge is 2.23. The molecule has 86 valence electrons. The van der Waals surface area contributed by atoms with Gasteiger partial charge in [0, 0.05) is 18.3 Å². The molecule has 16 heavy (non-hydrogen) atoms. The molecule has 0 fully saturated rings. The highest BCUT2D eigenvalue weighted by Crippen LogP contribution is 2.32. The maximum atomic E-state index is 10.3. The summed E-state index contributed by atoms with van der Waals surface area (Å²) in [6.45, 7) is 3.80. The zero-order valence-electron chi connectivity index (χ0n) is 9.36. The van der Waals surface area contributed by atoms with E-state index in [4.69, 9.17) is 4.42 Å². The van der Waals surface area contributed by atoms with Gasteiger partial charge >= 0.3 is 0 Å². The van der Waals surface area contributed by atoms with E-state index < -0.39 is 6.10 Å². The van der Waals surface area contributed by atoms with Gasteiger partial charge in [-0.15, -0.1) is 0 Å². The number of furan rings is 1. The molecule has 1 N–H and O–H groups in total. The number of aliphatic hydroxyl groups is 1. The molecule has 0 radical (unpaired) electrons. The highest BCUT2D eigenvalue weighted by molar-refractivity contribution is 9.10. The number of halogens is 1. The lowest BCUT2D eigenvalue weighted by atomic mass is 10.1. The van der Waals surface area contributed by atoms with Crippen LogP contribution in [-0.4, -0.2) is 14.9 Å². The minimum absolute atomic E-state index is 0.513. The maximum Gasteiger partial charge on any atom is 0.151 e. The normalized spacial score (nSPS) is 13.1. The molecule has 2 rings (SSSR count). The molecular weight excluding hydrogens is 272 g/mol. The largest absolute Gasteiger partial charge is 0.465 e. The van der Waals surface area contributed by atoms with Crippen LogP contribution >= 0.6 is 15.9 Å². The minimum Gasteiger partial charge on any atom is -0.465 e. The Bertz CT molecular complexity index is 516. The van der Waals surface area contributed by atoms with Crippen molar-refractivity contribution in [3.05, 3.63) is 39.5 Å². The zero-order valence-corrected chi connectivity index (χ0v) is 10.9. The average molecular weight is 285 g/mol. The number of aromatic nitrogens is 2. The van der Waals surface area contributed by atoms with Gasteiger partial charge in [-0.2, -0.15) is 5.10 Å². The summed E-state index contributed by atoms with van der Waals surface area (Å²) in [5.41, 5.74) is 2.56. The number of rotatable bonds is 2. The lowest BCUT2D eigenvalue weighted by Crippen LogP contribution is -2.02. The average Bonchev–Trinajstić information content (AvgIpc) is 2.73. The Morgan fingerprint density at radius 1 is 1.50 bits per heavy atom. The second-order valence-corrected chi connectivity index (χ2v) is 4.60. The lowest BCUT2D eigenvalue weighted by molar-refractivity contribution is 0.187. The first-order chi connectivity index (χ1) is 7.52. The van der Waals surface area contributed by atoms with Crippen molar-refractivity contribution in [3.8, 4) is 0 Å². The Hall–Kier alpha value is -1.07. The molecule has 0 saturated carbocycles. The number of hydrogen-bond acceptors (Lipinski definition) is 3. The molecular formula is C11H13BrN2O2. The van der Waals surface area contributed by atoms with Gasteiger partial charge in [-0.25, -0.2) is 0 Å². The van der Waals surface area contributed by atoms with E-state index in [0.29, 0.717) is 5.76 Å². The van der Waals surface area contributed by atoms with Gasteiger partial charge in [-0.1, -0.05) is 0 Å². The first-order valence-corrected chi connectivity index (χ1v) is 5.72. The van der Waals surface area contributed by atoms with Crippen LogP contribution in [0.5, 0.6) is 0 Å². The topological polar surface area (TPSA) is 51.2 Å². The van der Waals surface area contributed by atoms with Crippen molar-refractivity contribution in [3.63, 3.8) is 0 Å². The fourth-order valence-corrected chi connectivity index (χ4v) is 2.24. The molecule has 0 aliphatic carbocycles. The van der Waals surface area contributed by atoms with Crippen molar-refractivity contribution >= 4 is 15.9 Å². The van der Waals surface area contributed by atoms with E-state index in [1.54, 1.807) is 17.0 Å². The molecule has 0 saturated heterocycles. The number of aliphatic hydroxyl groups excluding tert-OH is 1. The summed E-state index contributed by atoms with van der Waals surface area (Å²) < 4.78 is 7.79. The predicted molar refractivity (Wildman–Crippen MR) is 63.2 cm³/mol. The summed E-state index contributed by atoms with van der Waals surface area (Å²) in [6, 6.07) is 1.76. The Balaban J connectivity index is 2.49. The standard InChI is InChI=1S/C11H13BrN2O2/c1-6-9(7(2)14(3)13-6)10(15)11-8(12)4-5-16-11/h4-5,10,15H,1-3H3. The van der Waals surface area contributed by atoms with Crippen molar-refractivity contribution in [2.24, 2.45) is 7.05 Å². The number of nitrogens with zero attached hydrogens (tertiary/aromatic N) is 2. The molecule has 4 nitrogen and oxygen atoms in total. The molecule has 1 unspecified atom stereocenters. The fourth-order valence-electron chi connectivity index (χ4n) is 1.82. The number of hydrogen-bond donors (Lipinski definition) is 1. The van der Waals surface area contributed by atoms with Crippen LogP contribution in [0.1, 0.15) is 28.8 Å². The summed E-state index contributed by atoms with van der Waals surface area (Å²) in [7, 11) is 1.86. The molecule has 0 bridgehead atoms. The molecule has 2 aromatic rings. The van der Waals surface area contributed by atoms with Gasteiger partial charge in [0.25, 0.3) is 0 Å². The van der Waals surface area contributed by atoms with Gasteiger partial charge in [-0.3, -0.25) is 4.68 Å². The van der Waals surface area contributed by atoms with Crippen molar-refractivity contribution in [1.29, 1.82) is 0 Å². The van der Waals surface area contributed by atoms with Crippen molar-refractivity contribution in [2.75, 3.05) is 0 Å². The monoisotopic (exact) mass is 284 g/mol. The van der Waals surface area contributed by atoms with Crippen LogP contribution in [0, 0.1) is 13.8 Å². The van der Waals surface area contributed by atoms with Crippen LogP contribution in [0.2, 0.25) is 0 Å². The molecule has 2 aromatic heterocycles. The van der Waals surface area contributed by atoms with E-state index in [1.807, 2.05) is 20.9 Å². The molecule has 2 heterocycles. The molecule has 0 aliphatic heterocycles. The third-order valence-corrected chi connectivity index (χ3v) is 3.39. The summed E-state index contributed by atoms with van der Waals surface area (Å²) in [4.78, 5) is 0. The second kappa shape index (κ2) is 4.07. The zero-order chi connectivity index (χ0) is 11.9. The first-order valence-electron chi connectivity index (χ1n) is 4.93. The van der Waals surface area contributed by atoms with E-state index in [1.165, 1.54) is 0 Å². The Morgan fingerprint density at radius 2 is 2.19 bits per heavy atom. The van der Waals surface area contributed by atoms with Crippen molar-refractivity contribution < 1.29 is 9.52 Å². The van der Waals surface area contributed by atoms with Gasteiger partial charge in [0.15, 0.2) is 5.76 Å². The van der Waals surface area contributed by atoms with Gasteiger partial charge in [0.1, 0.15) is 6.10 Å². The quantitative estimate of drug-likeness (QED) is 0.922. The molecule has 0 aliphatic rings. The number of aryl methyl sites for hydroxylation is 2. The van der Waals surface area contributed by atoms with Crippen LogP contribution in [0.15, 0.2) is 21.2 Å². The summed E-state index contributed by atoms with van der Waals surface area (Å²) in [6.07, 6.45) is 0.766. The molecule has 0 spiro atoms. The summed E-state index contributed by atoms with van der Waals surface area (Å²) in [5.74, 6) is 0.513. The van der Waals surface area contributed by atoms with E-state index in [-0.39, 0.29) is 0 Å². The first kappa shape index (κ1) is 11.4. The minimum atomic E-state index is -0.780. The van der Waals surface area contributed by atoms with Crippen LogP contribution < -0.4 is 0 Å². The Kier molecular flexibility index (Phi) is 2.90. The summed E-state index contributed by atoms with van der Waals surface area (Å²) in [5, 5.41) is 14.5. The third-order valence-electron chi connectivity index (χ3n) is 2.73. The van der Waals surface area contributed by atoms with Crippen molar-refractivity contribution in [1.82, 2.24) is 9.78 Å². The lowest BCUT2D eigenvalue weighted by Gasteiger charge is -2.09. The van der Waals surface area contributed by atoms with Gasteiger partial charge in [0.05, 0.1) is 16.4 Å². The Labute approximate surface area is 102 Å². The van der Waals surface area contributed by atoms with E-state index in [2.05, 4.69) is 21.0 Å². The maximum absolute atomic E-state index is 10.3. The summed E-state index contributed by atoms with van der Waals surface area (Å²) >= 11 is 3.34. The SMILES string of the molecule is Cc1nn(C)c(C)c1C(O)c1occc1Br. The van der Waals surface area contributed by atoms with Crippen LogP contribution in [0.25, 0.3) is 0 Å². The van der Waals surface area contributed by atoms with Crippen LogP contribution in [-0.2, 0) is 7.05 Å². The van der Waals surface area contributed by atoms with E-state index >= 15 is 0 Å². The van der Waals surface area contributed by atoms with E-state index in [0.717, 1.165) is 21.4 Å². The molecule has 0 amide bonds. The van der Waals surface area contributed by atoms with Crippen LogP contribution in [0.3, 0.4) is 0 Å². The molecule has 1 atom stereocenters. The van der Waals surface area contributed by atoms with E-state index in [9.17, 15) is 5.11 Å². The van der Waals surface area contributed by atoms with Gasteiger partial charge in [0.2, 0.25) is 0 Å². The van der Waals surface area contributed by atoms with Crippen LogP contribution in [0.4, 0.5) is 0 Å². The van der Waals surface area contributed by atoms with Crippen molar-refractivity contribution in [2.45, 2.75) is 20.0 Å². The Morgan fingerprint density at radius 3 is 2.62 bits per heavy atom. The van der Waals surface area contributed by atoms with Gasteiger partial charge < -0.3 is 9.52 Å². The third kappa shape index (κ3) is 1.70. The fraction of sp³-hybridized carbons (Fsp3) is 0.364. The smallest absolute Gasteiger partial charge is 0.151 e. The molecule has 0 aromatic carbocycles. The predicted octanol–water partition coefficient (Wildman–Crippen LogP) is 2.47.